The standard InChI is InChI=1S/C27H46O.C5H11N.C4H4S/c1-18(2)7-6-8-19(3)23-11-12-24-22-10-9-20-17-21(28)13-15-26(20,4)25(22)14-16-27(23,24)5;1-2-4-6-5-3-1;1-2-4-5-3-1/h9,18-19,21-25,28H,6-8,10-17H2,1-5H3;6H,1-5H2;1-4H/t19?,21-,22-,23+,24-,25-,26-,27+;;/m0../s1. The van der Waals surface area contributed by atoms with E-state index >= 15 is 0 Å². The molecular weight excluding hydrogens is 494 g/mol. The molecule has 1 aromatic rings. The molecule has 0 aromatic carbocycles. The highest BCUT2D eigenvalue weighted by Gasteiger charge is 2.59. The summed E-state index contributed by atoms with van der Waals surface area (Å²) in [4.78, 5) is 0. The Kier molecular flexibility index (Phi) is 11.6. The first kappa shape index (κ1) is 31.3. The highest BCUT2D eigenvalue weighted by Crippen LogP contribution is 2.67. The van der Waals surface area contributed by atoms with Gasteiger partial charge in [0.15, 0.2) is 0 Å². The largest absolute Gasteiger partial charge is 0.393 e. The summed E-state index contributed by atoms with van der Waals surface area (Å²) in [5, 5.41) is 17.6. The minimum atomic E-state index is -0.0766. The molecule has 1 aromatic heterocycles. The molecule has 0 spiro atoms. The first-order valence-corrected chi connectivity index (χ1v) is 17.8. The minimum Gasteiger partial charge on any atom is -0.393 e. The normalized spacial score (nSPS) is 38.1. The number of piperidine rings is 1. The van der Waals surface area contributed by atoms with E-state index in [0.29, 0.717) is 10.8 Å². The summed E-state index contributed by atoms with van der Waals surface area (Å²) >= 11 is 1.71. The molecule has 0 amide bonds. The Morgan fingerprint density at radius 3 is 2.26 bits per heavy atom. The molecule has 222 valence electrons. The zero-order valence-corrected chi connectivity index (χ0v) is 26.9. The summed E-state index contributed by atoms with van der Waals surface area (Å²) in [7, 11) is 0. The molecule has 1 aliphatic heterocycles. The van der Waals surface area contributed by atoms with Crippen molar-refractivity contribution in [3.8, 4) is 0 Å². The van der Waals surface area contributed by atoms with Crippen molar-refractivity contribution in [3.05, 3.63) is 34.5 Å². The van der Waals surface area contributed by atoms with Crippen molar-refractivity contribution < 1.29 is 5.11 Å². The van der Waals surface area contributed by atoms with Gasteiger partial charge >= 0.3 is 0 Å². The highest BCUT2D eigenvalue weighted by atomic mass is 32.1. The average molecular weight is 556 g/mol. The summed E-state index contributed by atoms with van der Waals surface area (Å²) in [6.45, 7) is 15.1. The summed E-state index contributed by atoms with van der Waals surface area (Å²) in [5.41, 5.74) is 2.60. The number of nitrogens with one attached hydrogen (secondary N) is 1. The van der Waals surface area contributed by atoms with Crippen LogP contribution in [0.25, 0.3) is 0 Å². The molecule has 39 heavy (non-hydrogen) atoms. The van der Waals surface area contributed by atoms with Crippen LogP contribution < -0.4 is 5.32 Å². The van der Waals surface area contributed by atoms with Gasteiger partial charge in [0.05, 0.1) is 6.10 Å². The fourth-order valence-electron chi connectivity index (χ4n) is 9.69. The molecule has 2 heterocycles. The summed E-state index contributed by atoms with van der Waals surface area (Å²) < 4.78 is 0. The van der Waals surface area contributed by atoms with E-state index in [0.717, 1.165) is 48.3 Å². The Labute approximate surface area is 245 Å². The molecule has 1 unspecified atom stereocenters. The van der Waals surface area contributed by atoms with E-state index in [2.05, 4.69) is 46.0 Å². The van der Waals surface area contributed by atoms with Gasteiger partial charge in [-0.15, -0.1) is 0 Å². The van der Waals surface area contributed by atoms with Crippen LogP contribution in [0.4, 0.5) is 0 Å². The van der Waals surface area contributed by atoms with Crippen LogP contribution in [0.15, 0.2) is 34.5 Å². The van der Waals surface area contributed by atoms with Crippen molar-refractivity contribution in [2.45, 2.75) is 131 Å². The van der Waals surface area contributed by atoms with Crippen molar-refractivity contribution >= 4 is 11.3 Å². The number of allylic oxidation sites excluding steroid dienone is 1. The van der Waals surface area contributed by atoms with E-state index in [9.17, 15) is 5.11 Å². The molecular formula is C36H61NOS. The first-order chi connectivity index (χ1) is 18.8. The van der Waals surface area contributed by atoms with E-state index in [1.165, 1.54) is 90.1 Å². The summed E-state index contributed by atoms with van der Waals surface area (Å²) in [5.74, 6) is 5.46. The number of hydrogen-bond acceptors (Lipinski definition) is 3. The molecule has 4 fully saturated rings. The number of hydrogen-bond donors (Lipinski definition) is 2. The lowest BCUT2D eigenvalue weighted by Gasteiger charge is -2.58. The number of thiophene rings is 1. The fourth-order valence-corrected chi connectivity index (χ4v) is 10.1. The molecule has 3 saturated carbocycles. The Morgan fingerprint density at radius 2 is 1.67 bits per heavy atom. The zero-order chi connectivity index (χ0) is 27.9. The number of fused-ring (bicyclic) bond motifs is 5. The molecule has 8 atom stereocenters. The van der Waals surface area contributed by atoms with Gasteiger partial charge in [0.25, 0.3) is 0 Å². The van der Waals surface area contributed by atoms with E-state index in [4.69, 9.17) is 0 Å². The minimum absolute atomic E-state index is 0.0766. The zero-order valence-electron chi connectivity index (χ0n) is 26.1. The SMILES string of the molecule is C1CCNCC1.CC(C)CCCC(C)[C@H]1CC[C@H]2[C@@H]3CC=C4C[C@@H](O)CC[C@]4(C)[C@H]3CC[C@]12C.c1ccsc1. The van der Waals surface area contributed by atoms with Crippen LogP contribution in [-0.2, 0) is 0 Å². The topological polar surface area (TPSA) is 32.3 Å². The van der Waals surface area contributed by atoms with Crippen molar-refractivity contribution in [1.82, 2.24) is 5.32 Å². The third kappa shape index (κ3) is 7.61. The lowest BCUT2D eigenvalue weighted by atomic mass is 9.47. The van der Waals surface area contributed by atoms with Crippen LogP contribution >= 0.6 is 11.3 Å². The van der Waals surface area contributed by atoms with Gasteiger partial charge in [-0.05, 0) is 134 Å². The molecule has 6 rings (SSSR count). The number of rotatable bonds is 5. The van der Waals surface area contributed by atoms with Crippen molar-refractivity contribution in [3.63, 3.8) is 0 Å². The van der Waals surface area contributed by atoms with Crippen LogP contribution in [0, 0.1) is 46.3 Å². The third-order valence-electron chi connectivity index (χ3n) is 11.9. The Hall–Kier alpha value is -0.640. The highest BCUT2D eigenvalue weighted by molar-refractivity contribution is 7.07. The average Bonchev–Trinajstić information content (AvgIpc) is 3.62. The van der Waals surface area contributed by atoms with Gasteiger partial charge in [-0.1, -0.05) is 84.1 Å². The summed E-state index contributed by atoms with van der Waals surface area (Å²) in [6.07, 6.45) is 21.4. The van der Waals surface area contributed by atoms with E-state index in [1.807, 2.05) is 22.9 Å². The molecule has 1 saturated heterocycles. The maximum atomic E-state index is 10.2. The van der Waals surface area contributed by atoms with Gasteiger partial charge in [0.2, 0.25) is 0 Å². The quantitative estimate of drug-likeness (QED) is 0.354. The first-order valence-electron chi connectivity index (χ1n) is 16.8. The van der Waals surface area contributed by atoms with E-state index in [1.54, 1.807) is 16.9 Å². The van der Waals surface area contributed by atoms with Gasteiger partial charge in [-0.2, -0.15) is 11.3 Å². The molecule has 4 aliphatic carbocycles. The monoisotopic (exact) mass is 555 g/mol. The molecule has 2 nitrogen and oxygen atoms in total. The lowest BCUT2D eigenvalue weighted by molar-refractivity contribution is -0.0573. The molecule has 5 aliphatic rings. The van der Waals surface area contributed by atoms with Gasteiger partial charge in [-0.3, -0.25) is 0 Å². The van der Waals surface area contributed by atoms with Gasteiger partial charge in [-0.25, -0.2) is 0 Å². The van der Waals surface area contributed by atoms with E-state index in [-0.39, 0.29) is 6.10 Å². The van der Waals surface area contributed by atoms with Crippen molar-refractivity contribution in [2.75, 3.05) is 13.1 Å². The molecule has 0 radical (unpaired) electrons. The second-order valence-electron chi connectivity index (χ2n) is 14.8. The van der Waals surface area contributed by atoms with Gasteiger partial charge < -0.3 is 10.4 Å². The second kappa shape index (κ2) is 14.5. The van der Waals surface area contributed by atoms with Crippen LogP contribution in [0.1, 0.15) is 125 Å². The van der Waals surface area contributed by atoms with Crippen LogP contribution in [0.5, 0.6) is 0 Å². The molecule has 3 heteroatoms. The van der Waals surface area contributed by atoms with Crippen LogP contribution in [0.3, 0.4) is 0 Å². The lowest BCUT2D eigenvalue weighted by Crippen LogP contribution is -2.50. The predicted octanol–water partition coefficient (Wildman–Crippen LogP) is 9.90. The van der Waals surface area contributed by atoms with Crippen LogP contribution in [-0.4, -0.2) is 24.3 Å². The number of aliphatic hydroxyl groups is 1. The van der Waals surface area contributed by atoms with Crippen molar-refractivity contribution in [2.24, 2.45) is 46.3 Å². The maximum absolute atomic E-state index is 10.2. The Bertz CT molecular complexity index is 831. The Morgan fingerprint density at radius 1 is 0.923 bits per heavy atom. The second-order valence-corrected chi connectivity index (χ2v) is 15.6. The van der Waals surface area contributed by atoms with Crippen LogP contribution in [0.2, 0.25) is 0 Å². The predicted molar refractivity (Wildman–Crippen MR) is 170 cm³/mol. The fraction of sp³-hybridized carbons (Fsp3) is 0.833. The third-order valence-corrected chi connectivity index (χ3v) is 12.5. The van der Waals surface area contributed by atoms with Gasteiger partial charge in [0, 0.05) is 0 Å². The number of aliphatic hydroxyl groups excluding tert-OH is 1. The summed E-state index contributed by atoms with van der Waals surface area (Å²) in [6, 6.07) is 4.04. The Balaban J connectivity index is 0.000000264. The van der Waals surface area contributed by atoms with Gasteiger partial charge in [0.1, 0.15) is 0 Å². The van der Waals surface area contributed by atoms with E-state index < -0.39 is 0 Å². The molecule has 2 N–H and O–H groups in total. The molecule has 0 bridgehead atoms. The maximum Gasteiger partial charge on any atom is 0.0577 e. The smallest absolute Gasteiger partial charge is 0.0577 e. The van der Waals surface area contributed by atoms with Crippen molar-refractivity contribution in [1.29, 1.82) is 0 Å².